The number of ether oxygens (including phenoxy) is 3. The summed E-state index contributed by atoms with van der Waals surface area (Å²) in [6.45, 7) is 2.11. The van der Waals surface area contributed by atoms with Gasteiger partial charge in [0.2, 0.25) is 5.75 Å². The minimum absolute atomic E-state index is 0.573. The summed E-state index contributed by atoms with van der Waals surface area (Å²) in [4.78, 5) is 2.41. The van der Waals surface area contributed by atoms with Gasteiger partial charge >= 0.3 is 0 Å². The van der Waals surface area contributed by atoms with Crippen LogP contribution in [-0.2, 0) is 6.42 Å². The molecule has 136 valence electrons. The highest BCUT2D eigenvalue weighted by molar-refractivity contribution is 5.87. The Labute approximate surface area is 155 Å². The topological polar surface area (TPSA) is 30.9 Å². The fraction of sp³-hybridized carbons (Fsp3) is 0.364. The maximum Gasteiger partial charge on any atom is 0.203 e. The Morgan fingerprint density at radius 2 is 1.65 bits per heavy atom. The van der Waals surface area contributed by atoms with Crippen LogP contribution < -0.4 is 14.2 Å². The van der Waals surface area contributed by atoms with E-state index in [1.807, 2.05) is 0 Å². The van der Waals surface area contributed by atoms with E-state index in [1.54, 1.807) is 21.3 Å². The van der Waals surface area contributed by atoms with Crippen molar-refractivity contribution in [2.75, 3.05) is 41.5 Å². The van der Waals surface area contributed by atoms with Crippen LogP contribution in [0.4, 0.5) is 0 Å². The van der Waals surface area contributed by atoms with Gasteiger partial charge in [0.1, 0.15) is 0 Å². The lowest BCUT2D eigenvalue weighted by atomic mass is 9.77. The Bertz CT molecular complexity index is 846. The molecule has 0 saturated carbocycles. The van der Waals surface area contributed by atoms with E-state index in [-0.39, 0.29) is 0 Å². The van der Waals surface area contributed by atoms with Gasteiger partial charge in [0.15, 0.2) is 11.5 Å². The predicted molar refractivity (Wildman–Crippen MR) is 103 cm³/mol. The zero-order valence-corrected chi connectivity index (χ0v) is 15.8. The number of likely N-dealkylation sites (tertiary alicyclic amines) is 1. The summed E-state index contributed by atoms with van der Waals surface area (Å²) in [7, 11) is 7.17. The second-order valence-electron chi connectivity index (χ2n) is 7.07. The first-order chi connectivity index (χ1) is 12.7. The van der Waals surface area contributed by atoms with Crippen molar-refractivity contribution in [3.63, 3.8) is 0 Å². The Hall–Kier alpha value is -2.46. The molecule has 0 aromatic heterocycles. The summed E-state index contributed by atoms with van der Waals surface area (Å²) in [6, 6.07) is 12.9. The molecular weight excluding hydrogens is 326 g/mol. The highest BCUT2D eigenvalue weighted by Gasteiger charge is 2.34. The molecule has 1 atom stereocenters. The first kappa shape index (κ1) is 17.0. The number of hydrogen-bond acceptors (Lipinski definition) is 4. The van der Waals surface area contributed by atoms with E-state index in [9.17, 15) is 0 Å². The van der Waals surface area contributed by atoms with Gasteiger partial charge in [-0.1, -0.05) is 24.3 Å². The van der Waals surface area contributed by atoms with Gasteiger partial charge in [-0.3, -0.25) is 0 Å². The second kappa shape index (κ2) is 6.69. The highest BCUT2D eigenvalue weighted by atomic mass is 16.5. The van der Waals surface area contributed by atoms with Crippen LogP contribution in [0.3, 0.4) is 0 Å². The molecule has 1 unspecified atom stereocenters. The fourth-order valence-corrected chi connectivity index (χ4v) is 4.39. The molecule has 0 radical (unpaired) electrons. The van der Waals surface area contributed by atoms with Crippen molar-refractivity contribution in [3.05, 3.63) is 58.7 Å². The quantitative estimate of drug-likeness (QED) is 0.842. The van der Waals surface area contributed by atoms with Gasteiger partial charge in [-0.25, -0.2) is 0 Å². The van der Waals surface area contributed by atoms with E-state index in [0.717, 1.165) is 25.1 Å². The molecule has 26 heavy (non-hydrogen) atoms. The maximum absolute atomic E-state index is 5.59. The number of rotatable bonds is 4. The molecule has 4 rings (SSSR count). The van der Waals surface area contributed by atoms with Crippen molar-refractivity contribution in [1.29, 1.82) is 0 Å². The molecular formula is C22H25NO3. The van der Waals surface area contributed by atoms with Crippen LogP contribution in [0.2, 0.25) is 0 Å². The number of benzene rings is 2. The van der Waals surface area contributed by atoms with Crippen LogP contribution in [0.15, 0.2) is 42.0 Å². The summed E-state index contributed by atoms with van der Waals surface area (Å²) < 4.78 is 16.7. The zero-order valence-electron chi connectivity index (χ0n) is 15.8. The molecule has 0 bridgehead atoms. The van der Waals surface area contributed by atoms with Gasteiger partial charge in [-0.15, -0.1) is 0 Å². The van der Waals surface area contributed by atoms with Crippen molar-refractivity contribution in [1.82, 2.24) is 4.90 Å². The molecule has 0 N–H and O–H groups in total. The third kappa shape index (κ3) is 2.65. The monoisotopic (exact) mass is 351 g/mol. The summed E-state index contributed by atoms with van der Waals surface area (Å²) in [5, 5.41) is 0. The molecule has 4 nitrogen and oxygen atoms in total. The molecule has 2 aromatic carbocycles. The van der Waals surface area contributed by atoms with Gasteiger partial charge in [0, 0.05) is 13.1 Å². The Kier molecular flexibility index (Phi) is 4.37. The van der Waals surface area contributed by atoms with Crippen molar-refractivity contribution >= 4 is 5.57 Å². The third-order valence-electron chi connectivity index (χ3n) is 5.49. The Morgan fingerprint density at radius 1 is 0.962 bits per heavy atom. The van der Waals surface area contributed by atoms with Gasteiger partial charge in [0.25, 0.3) is 0 Å². The molecule has 1 fully saturated rings. The smallest absolute Gasteiger partial charge is 0.203 e. The van der Waals surface area contributed by atoms with E-state index in [0.29, 0.717) is 23.2 Å². The lowest BCUT2D eigenvalue weighted by molar-refractivity contribution is 0.324. The molecule has 0 spiro atoms. The van der Waals surface area contributed by atoms with Crippen LogP contribution in [0.5, 0.6) is 17.2 Å². The zero-order chi connectivity index (χ0) is 18.3. The van der Waals surface area contributed by atoms with Gasteiger partial charge in [-0.2, -0.15) is 0 Å². The second-order valence-corrected chi connectivity index (χ2v) is 7.07. The first-order valence-electron chi connectivity index (χ1n) is 8.96. The predicted octanol–water partition coefficient (Wildman–Crippen LogP) is 3.63. The van der Waals surface area contributed by atoms with Crippen molar-refractivity contribution in [2.24, 2.45) is 5.92 Å². The Balaban J connectivity index is 1.96. The average Bonchev–Trinajstić information content (AvgIpc) is 3.04. The van der Waals surface area contributed by atoms with Crippen molar-refractivity contribution in [3.8, 4) is 17.2 Å². The van der Waals surface area contributed by atoms with Gasteiger partial charge in [-0.05, 0) is 59.4 Å². The van der Waals surface area contributed by atoms with E-state index in [2.05, 4.69) is 48.3 Å². The SMILES string of the molecule is COc1cc(C2=C3CN(C)CC3Cc3ccccc32)cc(OC)c1OC. The molecule has 2 aromatic rings. The molecule has 1 aliphatic heterocycles. The average molecular weight is 351 g/mol. The molecule has 0 amide bonds. The number of methoxy groups -OCH3 is 3. The summed E-state index contributed by atoms with van der Waals surface area (Å²) >= 11 is 0. The molecule has 4 heteroatoms. The first-order valence-corrected chi connectivity index (χ1v) is 8.96. The lowest BCUT2D eigenvalue weighted by Crippen LogP contribution is -2.17. The van der Waals surface area contributed by atoms with Crippen molar-refractivity contribution in [2.45, 2.75) is 6.42 Å². The maximum atomic E-state index is 5.59. The summed E-state index contributed by atoms with van der Waals surface area (Å²) in [5.74, 6) is 2.60. The third-order valence-corrected chi connectivity index (χ3v) is 5.49. The highest BCUT2D eigenvalue weighted by Crippen LogP contribution is 2.46. The summed E-state index contributed by atoms with van der Waals surface area (Å²) in [5.41, 5.74) is 6.70. The van der Waals surface area contributed by atoms with E-state index in [4.69, 9.17) is 14.2 Å². The van der Waals surface area contributed by atoms with Gasteiger partial charge < -0.3 is 19.1 Å². The molecule has 2 aliphatic rings. The molecule has 1 heterocycles. The standard InChI is InChI=1S/C22H25NO3/c1-23-12-16-9-14-7-5-6-8-17(14)21(18(16)13-23)15-10-19(24-2)22(26-4)20(11-15)25-3/h5-8,10-11,16H,9,12-13H2,1-4H3. The fourth-order valence-electron chi connectivity index (χ4n) is 4.39. The minimum Gasteiger partial charge on any atom is -0.493 e. The van der Waals surface area contributed by atoms with E-state index < -0.39 is 0 Å². The summed E-state index contributed by atoms with van der Waals surface area (Å²) in [6.07, 6.45) is 1.11. The number of hydrogen-bond donors (Lipinski definition) is 0. The van der Waals surface area contributed by atoms with Crippen LogP contribution in [0.1, 0.15) is 16.7 Å². The van der Waals surface area contributed by atoms with Crippen LogP contribution in [0.25, 0.3) is 5.57 Å². The number of nitrogens with zero attached hydrogens (tertiary/aromatic N) is 1. The largest absolute Gasteiger partial charge is 0.493 e. The van der Waals surface area contributed by atoms with E-state index >= 15 is 0 Å². The van der Waals surface area contributed by atoms with E-state index in [1.165, 1.54) is 22.3 Å². The van der Waals surface area contributed by atoms with Crippen LogP contribution >= 0.6 is 0 Å². The number of fused-ring (bicyclic) bond motifs is 2. The lowest BCUT2D eigenvalue weighted by Gasteiger charge is -2.27. The van der Waals surface area contributed by atoms with Crippen LogP contribution in [-0.4, -0.2) is 46.4 Å². The van der Waals surface area contributed by atoms with Crippen LogP contribution in [0, 0.1) is 5.92 Å². The molecule has 1 saturated heterocycles. The minimum atomic E-state index is 0.573. The van der Waals surface area contributed by atoms with Crippen molar-refractivity contribution < 1.29 is 14.2 Å². The number of likely N-dealkylation sites (N-methyl/N-ethyl adjacent to an activating group) is 1. The molecule has 1 aliphatic carbocycles. The Morgan fingerprint density at radius 3 is 2.31 bits per heavy atom. The van der Waals surface area contributed by atoms with Gasteiger partial charge in [0.05, 0.1) is 21.3 Å². The normalized spacial score (nSPS) is 19.2.